The van der Waals surface area contributed by atoms with Crippen molar-refractivity contribution in [1.29, 1.82) is 0 Å². The third kappa shape index (κ3) is 2.54. The Morgan fingerprint density at radius 1 is 1.33 bits per heavy atom. The van der Waals surface area contributed by atoms with Crippen LogP contribution >= 0.6 is 11.3 Å². The van der Waals surface area contributed by atoms with Gasteiger partial charge in [-0.05, 0) is 37.7 Å². The molecule has 0 bridgehead atoms. The standard InChI is InChI=1S/C14H18N2OS/c1-9(8-15)13-10(2)16-14(18-13)11-4-6-12(17-3)7-5-11/h4-7,9H,8,15H2,1-3H3. The summed E-state index contributed by atoms with van der Waals surface area (Å²) in [4.78, 5) is 5.91. The highest BCUT2D eigenvalue weighted by atomic mass is 32.1. The highest BCUT2D eigenvalue weighted by Gasteiger charge is 2.14. The van der Waals surface area contributed by atoms with E-state index in [1.54, 1.807) is 18.4 Å². The van der Waals surface area contributed by atoms with Crippen molar-refractivity contribution in [2.45, 2.75) is 19.8 Å². The molecule has 0 saturated heterocycles. The molecule has 0 saturated carbocycles. The van der Waals surface area contributed by atoms with E-state index >= 15 is 0 Å². The van der Waals surface area contributed by atoms with Gasteiger partial charge >= 0.3 is 0 Å². The van der Waals surface area contributed by atoms with Crippen molar-refractivity contribution in [1.82, 2.24) is 4.98 Å². The quantitative estimate of drug-likeness (QED) is 0.920. The Morgan fingerprint density at radius 2 is 2.00 bits per heavy atom. The van der Waals surface area contributed by atoms with E-state index in [0.29, 0.717) is 12.5 Å². The van der Waals surface area contributed by atoms with Gasteiger partial charge in [0, 0.05) is 16.4 Å². The minimum atomic E-state index is 0.370. The monoisotopic (exact) mass is 262 g/mol. The molecule has 0 aliphatic carbocycles. The van der Waals surface area contributed by atoms with Crippen LogP contribution in [0.4, 0.5) is 0 Å². The van der Waals surface area contributed by atoms with Crippen molar-refractivity contribution in [3.8, 4) is 16.3 Å². The summed E-state index contributed by atoms with van der Waals surface area (Å²) in [5, 5.41) is 1.05. The Labute approximate surface area is 112 Å². The average Bonchev–Trinajstić information content (AvgIpc) is 2.80. The first kappa shape index (κ1) is 13.1. The van der Waals surface area contributed by atoms with Gasteiger partial charge in [-0.2, -0.15) is 0 Å². The fourth-order valence-corrected chi connectivity index (χ4v) is 2.97. The summed E-state index contributed by atoms with van der Waals surface area (Å²) in [7, 11) is 1.67. The lowest BCUT2D eigenvalue weighted by molar-refractivity contribution is 0.415. The van der Waals surface area contributed by atoms with E-state index in [2.05, 4.69) is 11.9 Å². The van der Waals surface area contributed by atoms with Crippen molar-refractivity contribution < 1.29 is 4.74 Å². The molecule has 2 N–H and O–H groups in total. The molecule has 1 aromatic heterocycles. The number of methoxy groups -OCH3 is 1. The lowest BCUT2D eigenvalue weighted by atomic mass is 10.1. The maximum atomic E-state index is 5.72. The number of rotatable bonds is 4. The minimum absolute atomic E-state index is 0.370. The van der Waals surface area contributed by atoms with Gasteiger partial charge in [0.05, 0.1) is 12.8 Å². The van der Waals surface area contributed by atoms with Crippen molar-refractivity contribution >= 4 is 11.3 Å². The van der Waals surface area contributed by atoms with E-state index in [9.17, 15) is 0 Å². The third-order valence-corrected chi connectivity index (χ3v) is 4.41. The van der Waals surface area contributed by atoms with Gasteiger partial charge in [-0.1, -0.05) is 6.92 Å². The van der Waals surface area contributed by atoms with Gasteiger partial charge in [0.1, 0.15) is 10.8 Å². The highest BCUT2D eigenvalue weighted by Crippen LogP contribution is 2.32. The summed E-state index contributed by atoms with van der Waals surface area (Å²) in [5.74, 6) is 1.23. The smallest absolute Gasteiger partial charge is 0.123 e. The lowest BCUT2D eigenvalue weighted by Crippen LogP contribution is -2.08. The second-order valence-electron chi connectivity index (χ2n) is 4.33. The maximum absolute atomic E-state index is 5.72. The topological polar surface area (TPSA) is 48.1 Å². The molecule has 0 fully saturated rings. The van der Waals surface area contributed by atoms with Crippen LogP contribution in [0.15, 0.2) is 24.3 Å². The number of nitrogens with zero attached hydrogens (tertiary/aromatic N) is 1. The van der Waals surface area contributed by atoms with Crippen LogP contribution in [0.3, 0.4) is 0 Å². The summed E-state index contributed by atoms with van der Waals surface area (Å²) in [6.07, 6.45) is 0. The van der Waals surface area contributed by atoms with Gasteiger partial charge in [0.15, 0.2) is 0 Å². The molecule has 2 aromatic rings. The Balaban J connectivity index is 2.33. The zero-order valence-electron chi connectivity index (χ0n) is 10.9. The van der Waals surface area contributed by atoms with Crippen molar-refractivity contribution in [3.63, 3.8) is 0 Å². The van der Waals surface area contributed by atoms with Crippen molar-refractivity contribution in [3.05, 3.63) is 34.8 Å². The zero-order chi connectivity index (χ0) is 13.1. The van der Waals surface area contributed by atoms with Gasteiger partial charge in [0.2, 0.25) is 0 Å². The van der Waals surface area contributed by atoms with Gasteiger partial charge in [0.25, 0.3) is 0 Å². The van der Waals surface area contributed by atoms with Crippen molar-refractivity contribution in [2.24, 2.45) is 5.73 Å². The number of ether oxygens (including phenoxy) is 1. The summed E-state index contributed by atoms with van der Waals surface area (Å²) in [6.45, 7) is 4.84. The average molecular weight is 262 g/mol. The molecule has 1 unspecified atom stereocenters. The maximum Gasteiger partial charge on any atom is 0.123 e. The van der Waals surface area contributed by atoms with Gasteiger partial charge in [-0.3, -0.25) is 0 Å². The fraction of sp³-hybridized carbons (Fsp3) is 0.357. The predicted octanol–water partition coefficient (Wildman–Crippen LogP) is 3.19. The predicted molar refractivity (Wildman–Crippen MR) is 76.3 cm³/mol. The Hall–Kier alpha value is -1.39. The third-order valence-electron chi connectivity index (χ3n) is 2.97. The molecular formula is C14H18N2OS. The summed E-state index contributed by atoms with van der Waals surface area (Å²) >= 11 is 1.73. The second kappa shape index (κ2) is 5.50. The molecule has 1 heterocycles. The van der Waals surface area contributed by atoms with Gasteiger partial charge in [-0.15, -0.1) is 11.3 Å². The van der Waals surface area contributed by atoms with Crippen LogP contribution in [0.5, 0.6) is 5.75 Å². The van der Waals surface area contributed by atoms with E-state index in [-0.39, 0.29) is 0 Å². The van der Waals surface area contributed by atoms with Crippen LogP contribution in [0.1, 0.15) is 23.4 Å². The molecule has 1 atom stereocenters. The van der Waals surface area contributed by atoms with Crippen LogP contribution in [-0.2, 0) is 0 Å². The number of aromatic nitrogens is 1. The van der Waals surface area contributed by atoms with Crippen molar-refractivity contribution in [2.75, 3.05) is 13.7 Å². The number of hydrogen-bond acceptors (Lipinski definition) is 4. The van der Waals surface area contributed by atoms with E-state index in [1.165, 1.54) is 4.88 Å². The highest BCUT2D eigenvalue weighted by molar-refractivity contribution is 7.15. The molecule has 2 rings (SSSR count). The first-order valence-corrected chi connectivity index (χ1v) is 6.79. The van der Waals surface area contributed by atoms with Crippen LogP contribution in [0.25, 0.3) is 10.6 Å². The van der Waals surface area contributed by atoms with E-state index in [0.717, 1.165) is 22.0 Å². The zero-order valence-corrected chi connectivity index (χ0v) is 11.8. The summed E-state index contributed by atoms with van der Waals surface area (Å²) in [6, 6.07) is 7.98. The van der Waals surface area contributed by atoms with E-state index < -0.39 is 0 Å². The Bertz CT molecular complexity index is 519. The summed E-state index contributed by atoms with van der Waals surface area (Å²) in [5.41, 5.74) is 7.93. The van der Waals surface area contributed by atoms with Crippen LogP contribution in [0.2, 0.25) is 0 Å². The molecule has 3 nitrogen and oxygen atoms in total. The van der Waals surface area contributed by atoms with Crippen LogP contribution in [0, 0.1) is 6.92 Å². The van der Waals surface area contributed by atoms with E-state index in [1.807, 2.05) is 31.2 Å². The minimum Gasteiger partial charge on any atom is -0.497 e. The Kier molecular flexibility index (Phi) is 3.99. The molecule has 1 aromatic carbocycles. The number of hydrogen-bond donors (Lipinski definition) is 1. The molecule has 0 spiro atoms. The first-order chi connectivity index (χ1) is 8.65. The number of nitrogens with two attached hydrogens (primary N) is 1. The molecular weight excluding hydrogens is 244 g/mol. The Morgan fingerprint density at radius 3 is 2.56 bits per heavy atom. The molecule has 18 heavy (non-hydrogen) atoms. The largest absolute Gasteiger partial charge is 0.497 e. The van der Waals surface area contributed by atoms with Crippen LogP contribution in [-0.4, -0.2) is 18.6 Å². The fourth-order valence-electron chi connectivity index (χ4n) is 1.83. The molecule has 0 aliphatic heterocycles. The second-order valence-corrected chi connectivity index (χ2v) is 5.36. The first-order valence-electron chi connectivity index (χ1n) is 5.97. The van der Waals surface area contributed by atoms with Gasteiger partial charge < -0.3 is 10.5 Å². The SMILES string of the molecule is COc1ccc(-c2nc(C)c(C(C)CN)s2)cc1. The number of aryl methyl sites for hydroxylation is 1. The number of benzene rings is 1. The van der Waals surface area contributed by atoms with Gasteiger partial charge in [-0.25, -0.2) is 4.98 Å². The van der Waals surface area contributed by atoms with Crippen LogP contribution < -0.4 is 10.5 Å². The number of thiazole rings is 1. The normalized spacial score (nSPS) is 12.4. The molecule has 4 heteroatoms. The molecule has 0 amide bonds. The molecule has 0 aliphatic rings. The summed E-state index contributed by atoms with van der Waals surface area (Å²) < 4.78 is 5.16. The lowest BCUT2D eigenvalue weighted by Gasteiger charge is -2.04. The molecule has 96 valence electrons. The van der Waals surface area contributed by atoms with E-state index in [4.69, 9.17) is 10.5 Å². The molecule has 0 radical (unpaired) electrons.